The zero-order valence-corrected chi connectivity index (χ0v) is 31.1. The SMILES string of the molecule is CC(=O)OC1CC(=O)N1c1ccc(CN2C(=O)[C@@]3(O[C@@H](CC(=O)N(CCO)Cc4ccccc4)[C@H]([Si](C)(C)F)[C@H]3C)c3cc(Br)ccc32)cc1. The molecule has 264 valence electrons. The van der Waals surface area contributed by atoms with E-state index in [4.69, 9.17) is 9.47 Å². The van der Waals surface area contributed by atoms with Gasteiger partial charge in [-0.3, -0.25) is 24.1 Å². The standard InChI is InChI=1S/C37H41BrFN3O7Si/c1-23-35(50(3,4)39)31(19-32(45)40(16-17-43)21-25-8-6-5-7-9-25)49-37(23)29-18-27(38)12-15-30(29)41(36(37)47)22-26-10-13-28(14-11-26)42-33(46)20-34(42)48-24(2)44/h5-15,18,23,31,34-35,43H,16-17,19-22H2,1-4H3/t23-,31+,34?,35-,37+/m1/s1. The smallest absolute Gasteiger partial charge is 0.304 e. The summed E-state index contributed by atoms with van der Waals surface area (Å²) >= 11 is 3.56. The molecule has 2 saturated heterocycles. The molecule has 3 heterocycles. The Kier molecular flexibility index (Phi) is 10.1. The maximum Gasteiger partial charge on any atom is 0.304 e. The van der Waals surface area contributed by atoms with E-state index in [-0.39, 0.29) is 56.8 Å². The van der Waals surface area contributed by atoms with Crippen LogP contribution in [-0.2, 0) is 47.3 Å². The van der Waals surface area contributed by atoms with Crippen LogP contribution in [0.2, 0.25) is 18.6 Å². The number of ether oxygens (including phenoxy) is 2. The van der Waals surface area contributed by atoms with Gasteiger partial charge in [0.2, 0.25) is 20.2 Å². The molecule has 3 aliphatic rings. The summed E-state index contributed by atoms with van der Waals surface area (Å²) < 4.78 is 29.1. The molecule has 2 fully saturated rings. The molecular formula is C37H41BrFN3O7Si. The van der Waals surface area contributed by atoms with E-state index in [1.54, 1.807) is 35.0 Å². The quantitative estimate of drug-likeness (QED) is 0.113. The molecule has 3 aromatic rings. The number of benzene rings is 3. The van der Waals surface area contributed by atoms with E-state index in [9.17, 15) is 24.3 Å². The average molecular weight is 767 g/mol. The highest BCUT2D eigenvalue weighted by atomic mass is 79.9. The number of fused-ring (bicyclic) bond motifs is 2. The summed E-state index contributed by atoms with van der Waals surface area (Å²) in [7, 11) is -3.53. The van der Waals surface area contributed by atoms with Crippen LogP contribution in [-0.4, -0.2) is 67.6 Å². The molecule has 50 heavy (non-hydrogen) atoms. The Morgan fingerprint density at radius 3 is 2.40 bits per heavy atom. The van der Waals surface area contributed by atoms with E-state index in [1.165, 1.54) is 11.8 Å². The first-order valence-corrected chi connectivity index (χ1v) is 20.5. The van der Waals surface area contributed by atoms with Gasteiger partial charge in [0.15, 0.2) is 11.8 Å². The largest absolute Gasteiger partial charge is 0.441 e. The molecule has 0 saturated carbocycles. The van der Waals surface area contributed by atoms with Crippen LogP contribution >= 0.6 is 15.9 Å². The van der Waals surface area contributed by atoms with E-state index in [0.717, 1.165) is 15.6 Å². The van der Waals surface area contributed by atoms with Crippen molar-refractivity contribution in [2.45, 2.75) is 76.3 Å². The fourth-order valence-corrected chi connectivity index (χ4v) is 10.7. The van der Waals surface area contributed by atoms with Crippen LogP contribution in [0.25, 0.3) is 0 Å². The number of aliphatic hydroxyl groups excluding tert-OH is 1. The number of hydrogen-bond acceptors (Lipinski definition) is 7. The molecule has 5 atom stereocenters. The molecule has 0 aliphatic carbocycles. The number of esters is 1. The highest BCUT2D eigenvalue weighted by Gasteiger charge is 2.67. The minimum atomic E-state index is -3.53. The molecule has 13 heteroatoms. The van der Waals surface area contributed by atoms with Gasteiger partial charge in [0.1, 0.15) is 0 Å². The number of amides is 3. The summed E-state index contributed by atoms with van der Waals surface area (Å²) in [5.41, 5.74) is 1.31. The van der Waals surface area contributed by atoms with Gasteiger partial charge in [0.25, 0.3) is 5.91 Å². The Hall–Kier alpha value is -3.91. The minimum absolute atomic E-state index is 0.111. The second kappa shape index (κ2) is 14.0. The lowest BCUT2D eigenvalue weighted by molar-refractivity contribution is -0.154. The molecule has 3 aromatic carbocycles. The Morgan fingerprint density at radius 1 is 1.08 bits per heavy atom. The first kappa shape index (κ1) is 35.9. The average Bonchev–Trinajstić information content (AvgIpc) is 3.47. The summed E-state index contributed by atoms with van der Waals surface area (Å²) in [5, 5.41) is 9.78. The monoisotopic (exact) mass is 765 g/mol. The minimum Gasteiger partial charge on any atom is -0.441 e. The Morgan fingerprint density at radius 2 is 1.78 bits per heavy atom. The van der Waals surface area contributed by atoms with Crippen molar-refractivity contribution in [3.8, 4) is 0 Å². The van der Waals surface area contributed by atoms with E-state index >= 15 is 4.11 Å². The van der Waals surface area contributed by atoms with Crippen molar-refractivity contribution < 1.29 is 37.9 Å². The zero-order valence-electron chi connectivity index (χ0n) is 28.5. The molecule has 3 aliphatic heterocycles. The first-order chi connectivity index (χ1) is 23.7. The first-order valence-electron chi connectivity index (χ1n) is 16.7. The fraction of sp³-hybridized carbons (Fsp3) is 0.405. The van der Waals surface area contributed by atoms with Crippen molar-refractivity contribution in [2.24, 2.45) is 5.92 Å². The van der Waals surface area contributed by atoms with Crippen LogP contribution in [0.4, 0.5) is 15.5 Å². The van der Waals surface area contributed by atoms with Crippen molar-refractivity contribution in [3.05, 3.63) is 94.0 Å². The number of nitrogens with zero attached hydrogens (tertiary/aromatic N) is 3. The topological polar surface area (TPSA) is 117 Å². The summed E-state index contributed by atoms with van der Waals surface area (Å²) in [6.45, 7) is 6.69. The predicted octanol–water partition coefficient (Wildman–Crippen LogP) is 5.81. The molecule has 0 aromatic heterocycles. The van der Waals surface area contributed by atoms with Crippen LogP contribution < -0.4 is 9.80 Å². The highest BCUT2D eigenvalue weighted by molar-refractivity contribution is 9.10. The number of aliphatic hydroxyl groups is 1. The second-order valence-electron chi connectivity index (χ2n) is 13.8. The predicted molar refractivity (Wildman–Crippen MR) is 191 cm³/mol. The van der Waals surface area contributed by atoms with Gasteiger partial charge in [0, 0.05) is 47.2 Å². The third kappa shape index (κ3) is 6.63. The normalized spacial score (nSPS) is 24.4. The zero-order chi connectivity index (χ0) is 36.0. The van der Waals surface area contributed by atoms with E-state index in [1.807, 2.05) is 67.6 Å². The molecule has 10 nitrogen and oxygen atoms in total. The molecule has 1 unspecified atom stereocenters. The van der Waals surface area contributed by atoms with Gasteiger partial charge in [-0.15, -0.1) is 0 Å². The van der Waals surface area contributed by atoms with Crippen molar-refractivity contribution >= 4 is 59.4 Å². The number of carbonyl (C=O) groups excluding carboxylic acids is 4. The molecule has 1 spiro atoms. The van der Waals surface area contributed by atoms with Crippen molar-refractivity contribution in [1.29, 1.82) is 0 Å². The fourth-order valence-electron chi connectivity index (χ4n) is 7.82. The number of halogens is 2. The maximum atomic E-state index is 16.4. The molecule has 3 amide bonds. The summed E-state index contributed by atoms with van der Waals surface area (Å²) in [5.74, 6) is -1.83. The Bertz CT molecular complexity index is 1790. The number of rotatable bonds is 11. The third-order valence-electron chi connectivity index (χ3n) is 10.0. The van der Waals surface area contributed by atoms with Gasteiger partial charge in [-0.05, 0) is 54.6 Å². The van der Waals surface area contributed by atoms with E-state index in [2.05, 4.69) is 15.9 Å². The van der Waals surface area contributed by atoms with Crippen molar-refractivity contribution in [2.75, 3.05) is 23.0 Å². The lowest BCUT2D eigenvalue weighted by atomic mass is 9.82. The lowest BCUT2D eigenvalue weighted by Gasteiger charge is -2.39. The Labute approximate surface area is 300 Å². The summed E-state index contributed by atoms with van der Waals surface area (Å²) in [4.78, 5) is 57.0. The van der Waals surface area contributed by atoms with Gasteiger partial charge < -0.3 is 28.5 Å². The van der Waals surface area contributed by atoms with Gasteiger partial charge in [0.05, 0.1) is 37.8 Å². The number of hydrogen-bond donors (Lipinski definition) is 1. The third-order valence-corrected chi connectivity index (χ3v) is 13.0. The number of anilines is 2. The molecule has 0 radical (unpaired) electrons. The van der Waals surface area contributed by atoms with Crippen molar-refractivity contribution in [3.63, 3.8) is 0 Å². The van der Waals surface area contributed by atoms with Crippen LogP contribution in [0.3, 0.4) is 0 Å². The number of β-lactam (4-membered cyclic amide) rings is 1. The highest BCUT2D eigenvalue weighted by Crippen LogP contribution is 2.60. The molecule has 6 rings (SSSR count). The van der Waals surface area contributed by atoms with Crippen LogP contribution in [0.5, 0.6) is 0 Å². The van der Waals surface area contributed by atoms with E-state index < -0.39 is 43.8 Å². The van der Waals surface area contributed by atoms with Gasteiger partial charge >= 0.3 is 5.97 Å². The second-order valence-corrected chi connectivity index (χ2v) is 18.5. The summed E-state index contributed by atoms with van der Waals surface area (Å²) in [6.07, 6.45) is -1.53. The van der Waals surface area contributed by atoms with E-state index in [0.29, 0.717) is 16.9 Å². The Balaban J connectivity index is 1.29. The van der Waals surface area contributed by atoms with Gasteiger partial charge in [-0.25, -0.2) is 0 Å². The van der Waals surface area contributed by atoms with Crippen LogP contribution in [0.1, 0.15) is 43.4 Å². The lowest BCUT2D eigenvalue weighted by Crippen LogP contribution is -2.54. The van der Waals surface area contributed by atoms with Crippen LogP contribution in [0.15, 0.2) is 77.3 Å². The molecular weight excluding hydrogens is 725 g/mol. The summed E-state index contributed by atoms with van der Waals surface area (Å²) in [6, 6.07) is 22.1. The van der Waals surface area contributed by atoms with Crippen molar-refractivity contribution in [1.82, 2.24) is 4.90 Å². The molecule has 1 N–H and O–H groups in total. The van der Waals surface area contributed by atoms with Gasteiger partial charge in [-0.2, -0.15) is 0 Å². The van der Waals surface area contributed by atoms with Gasteiger partial charge in [-0.1, -0.05) is 65.3 Å². The maximum absolute atomic E-state index is 16.4. The van der Waals surface area contributed by atoms with Crippen LogP contribution in [0, 0.1) is 5.92 Å². The number of carbonyl (C=O) groups is 4. The molecule has 0 bridgehead atoms.